The number of piperidine rings is 1. The van der Waals surface area contributed by atoms with Crippen LogP contribution < -0.4 is 0 Å². The molecule has 21 heavy (non-hydrogen) atoms. The summed E-state index contributed by atoms with van der Waals surface area (Å²) in [6, 6.07) is 2.08. The lowest BCUT2D eigenvalue weighted by atomic mass is 9.73. The number of Topliss-reactive ketones (excluding diaryl/α,β-unsaturated/α-hetero) is 1. The highest BCUT2D eigenvalue weighted by Gasteiger charge is 2.43. The summed E-state index contributed by atoms with van der Waals surface area (Å²) >= 11 is 0. The van der Waals surface area contributed by atoms with Crippen molar-refractivity contribution in [3.8, 4) is 6.07 Å². The Morgan fingerprint density at radius 1 is 1.57 bits per heavy atom. The van der Waals surface area contributed by atoms with Crippen molar-refractivity contribution >= 4 is 11.9 Å². The molecule has 5 heteroatoms. The lowest BCUT2D eigenvalue weighted by Crippen LogP contribution is -2.52. The summed E-state index contributed by atoms with van der Waals surface area (Å²) < 4.78 is 5.37. The van der Waals surface area contributed by atoms with Crippen LogP contribution in [0.5, 0.6) is 0 Å². The molecule has 1 heterocycles. The first kappa shape index (κ1) is 17.2. The molecule has 1 atom stereocenters. The van der Waals surface area contributed by atoms with Gasteiger partial charge in [0.25, 0.3) is 0 Å². The summed E-state index contributed by atoms with van der Waals surface area (Å²) in [5, 5.41) is 8.80. The van der Waals surface area contributed by atoms with E-state index >= 15 is 0 Å². The fourth-order valence-corrected chi connectivity index (χ4v) is 2.59. The monoisotopic (exact) mass is 292 g/mol. The molecule has 0 N–H and O–H groups in total. The van der Waals surface area contributed by atoms with Crippen molar-refractivity contribution in [3.63, 3.8) is 0 Å². The molecule has 0 unspecified atom stereocenters. The summed E-state index contributed by atoms with van der Waals surface area (Å²) in [6.07, 6.45) is 2.81. The van der Waals surface area contributed by atoms with Crippen LogP contribution in [0.25, 0.3) is 0 Å². The first-order chi connectivity index (χ1) is 9.74. The highest BCUT2D eigenvalue weighted by Crippen LogP contribution is 2.36. The SMILES string of the molecule is C=CC[C@]1(CCC#N)CN(C(=O)OC(C)(C)C)CCC1=O. The van der Waals surface area contributed by atoms with E-state index in [9.17, 15) is 9.59 Å². The van der Waals surface area contributed by atoms with Gasteiger partial charge in [0, 0.05) is 25.9 Å². The predicted molar refractivity (Wildman–Crippen MR) is 79.5 cm³/mol. The van der Waals surface area contributed by atoms with Crippen LogP contribution in [0.15, 0.2) is 12.7 Å². The van der Waals surface area contributed by atoms with E-state index in [1.807, 2.05) is 20.8 Å². The summed E-state index contributed by atoms with van der Waals surface area (Å²) in [7, 11) is 0. The Bertz CT molecular complexity index is 459. The number of amides is 1. The number of rotatable bonds is 4. The number of hydrogen-bond acceptors (Lipinski definition) is 4. The van der Waals surface area contributed by atoms with Crippen LogP contribution in [0.1, 0.15) is 46.5 Å². The molecule has 0 saturated carbocycles. The molecule has 116 valence electrons. The van der Waals surface area contributed by atoms with Crippen LogP contribution in [0.4, 0.5) is 4.79 Å². The minimum atomic E-state index is -0.688. The average molecular weight is 292 g/mol. The standard InChI is InChI=1S/C16H24N2O3/c1-5-8-16(9-6-10-17)12-18(11-7-13(16)19)14(20)21-15(2,3)4/h5H,1,6-9,11-12H2,2-4H3/t16-/m0/s1. The summed E-state index contributed by atoms with van der Waals surface area (Å²) in [4.78, 5) is 26.1. The Morgan fingerprint density at radius 3 is 2.76 bits per heavy atom. The smallest absolute Gasteiger partial charge is 0.410 e. The Hall–Kier alpha value is -1.83. The second-order valence-corrected chi connectivity index (χ2v) is 6.51. The lowest BCUT2D eigenvalue weighted by molar-refractivity contribution is -0.133. The molecule has 0 aromatic carbocycles. The van der Waals surface area contributed by atoms with Crippen LogP contribution >= 0.6 is 0 Å². The number of ether oxygens (including phenoxy) is 1. The first-order valence-corrected chi connectivity index (χ1v) is 7.23. The molecular weight excluding hydrogens is 268 g/mol. The molecular formula is C16H24N2O3. The van der Waals surface area contributed by atoms with E-state index in [0.29, 0.717) is 38.8 Å². The molecule has 1 saturated heterocycles. The maximum absolute atomic E-state index is 12.3. The minimum absolute atomic E-state index is 0.109. The molecule has 0 bridgehead atoms. The number of hydrogen-bond donors (Lipinski definition) is 0. The number of likely N-dealkylation sites (tertiary alicyclic amines) is 1. The molecule has 1 aliphatic heterocycles. The topological polar surface area (TPSA) is 70.4 Å². The van der Waals surface area contributed by atoms with Gasteiger partial charge in [-0.2, -0.15) is 5.26 Å². The molecule has 0 radical (unpaired) electrons. The van der Waals surface area contributed by atoms with Crippen LogP contribution in [-0.2, 0) is 9.53 Å². The van der Waals surface area contributed by atoms with Gasteiger partial charge in [0.1, 0.15) is 11.4 Å². The first-order valence-electron chi connectivity index (χ1n) is 7.23. The Balaban J connectivity index is 2.88. The Morgan fingerprint density at radius 2 is 2.24 bits per heavy atom. The van der Waals surface area contributed by atoms with E-state index in [-0.39, 0.29) is 5.78 Å². The normalized spacial score (nSPS) is 22.6. The number of nitrogens with zero attached hydrogens (tertiary/aromatic N) is 2. The van der Waals surface area contributed by atoms with E-state index in [4.69, 9.17) is 10.00 Å². The zero-order valence-electron chi connectivity index (χ0n) is 13.1. The molecule has 1 amide bonds. The fourth-order valence-electron chi connectivity index (χ4n) is 2.59. The van der Waals surface area contributed by atoms with Gasteiger partial charge in [-0.3, -0.25) is 4.79 Å². The highest BCUT2D eigenvalue weighted by atomic mass is 16.6. The Kier molecular flexibility index (Phi) is 5.54. The highest BCUT2D eigenvalue weighted by molar-refractivity contribution is 5.87. The average Bonchev–Trinajstić information content (AvgIpc) is 2.37. The number of nitriles is 1. The van der Waals surface area contributed by atoms with Gasteiger partial charge in [-0.05, 0) is 33.6 Å². The van der Waals surface area contributed by atoms with Gasteiger partial charge in [-0.1, -0.05) is 6.08 Å². The van der Waals surface area contributed by atoms with Crippen molar-refractivity contribution in [3.05, 3.63) is 12.7 Å². The molecule has 1 rings (SSSR count). The lowest BCUT2D eigenvalue weighted by Gasteiger charge is -2.41. The van der Waals surface area contributed by atoms with Crippen molar-refractivity contribution in [1.82, 2.24) is 4.90 Å². The van der Waals surface area contributed by atoms with Crippen LogP contribution in [0.2, 0.25) is 0 Å². The molecule has 0 aromatic heterocycles. The minimum Gasteiger partial charge on any atom is -0.444 e. The number of allylic oxidation sites excluding steroid dienone is 1. The van der Waals surface area contributed by atoms with Crippen molar-refractivity contribution < 1.29 is 14.3 Å². The second kappa shape index (κ2) is 6.75. The third-order valence-electron chi connectivity index (χ3n) is 3.60. The van der Waals surface area contributed by atoms with E-state index in [1.165, 1.54) is 0 Å². The zero-order chi connectivity index (χ0) is 16.1. The van der Waals surface area contributed by atoms with Crippen molar-refractivity contribution in [2.24, 2.45) is 5.41 Å². The van der Waals surface area contributed by atoms with E-state index in [1.54, 1.807) is 11.0 Å². The second-order valence-electron chi connectivity index (χ2n) is 6.51. The number of carbonyl (C=O) groups excluding carboxylic acids is 2. The third-order valence-corrected chi connectivity index (χ3v) is 3.60. The van der Waals surface area contributed by atoms with Gasteiger partial charge in [-0.15, -0.1) is 6.58 Å². The maximum atomic E-state index is 12.3. The maximum Gasteiger partial charge on any atom is 0.410 e. The molecule has 1 fully saturated rings. The van der Waals surface area contributed by atoms with Gasteiger partial charge in [-0.25, -0.2) is 4.79 Å². The van der Waals surface area contributed by atoms with E-state index < -0.39 is 17.1 Å². The summed E-state index contributed by atoms with van der Waals surface area (Å²) in [6.45, 7) is 9.81. The third kappa shape index (κ3) is 4.59. The summed E-state index contributed by atoms with van der Waals surface area (Å²) in [5.74, 6) is 0.109. The molecule has 0 aromatic rings. The summed E-state index contributed by atoms with van der Waals surface area (Å²) in [5.41, 5.74) is -1.25. The quantitative estimate of drug-likeness (QED) is 0.747. The van der Waals surface area contributed by atoms with Crippen LogP contribution in [-0.4, -0.2) is 35.5 Å². The predicted octanol–water partition coefficient (Wildman–Crippen LogP) is 3.06. The fraction of sp³-hybridized carbons (Fsp3) is 0.688. The molecule has 0 spiro atoms. The van der Waals surface area contributed by atoms with E-state index in [2.05, 4.69) is 12.6 Å². The zero-order valence-corrected chi connectivity index (χ0v) is 13.1. The van der Waals surface area contributed by atoms with E-state index in [0.717, 1.165) is 0 Å². The largest absolute Gasteiger partial charge is 0.444 e. The van der Waals surface area contributed by atoms with Crippen molar-refractivity contribution in [1.29, 1.82) is 5.26 Å². The van der Waals surface area contributed by atoms with Gasteiger partial charge in [0.15, 0.2) is 0 Å². The van der Waals surface area contributed by atoms with Gasteiger partial charge in [0.05, 0.1) is 11.5 Å². The number of ketones is 1. The molecule has 5 nitrogen and oxygen atoms in total. The van der Waals surface area contributed by atoms with Crippen molar-refractivity contribution in [2.45, 2.75) is 52.1 Å². The van der Waals surface area contributed by atoms with Gasteiger partial charge < -0.3 is 9.64 Å². The van der Waals surface area contributed by atoms with Crippen LogP contribution in [0.3, 0.4) is 0 Å². The van der Waals surface area contributed by atoms with Crippen LogP contribution in [0, 0.1) is 16.7 Å². The molecule has 1 aliphatic rings. The van der Waals surface area contributed by atoms with Gasteiger partial charge in [0.2, 0.25) is 0 Å². The number of carbonyl (C=O) groups is 2. The molecule has 0 aliphatic carbocycles. The van der Waals surface area contributed by atoms with Crippen molar-refractivity contribution in [2.75, 3.05) is 13.1 Å². The Labute approximate surface area is 126 Å². The van der Waals surface area contributed by atoms with Gasteiger partial charge >= 0.3 is 6.09 Å².